The van der Waals surface area contributed by atoms with Gasteiger partial charge in [-0.25, -0.2) is 4.98 Å². The molecule has 0 aliphatic heterocycles. The van der Waals surface area contributed by atoms with Crippen molar-refractivity contribution < 1.29 is 8.22 Å². The monoisotopic (exact) mass is 267 g/mol. The predicted octanol–water partition coefficient (Wildman–Crippen LogP) is 5.12. The lowest BCUT2D eigenvalue weighted by atomic mass is 10.2. The van der Waals surface area contributed by atoms with Crippen LogP contribution in [0.2, 0.25) is 0 Å². The van der Waals surface area contributed by atoms with E-state index in [0.717, 1.165) is 10.1 Å². The third-order valence-electron chi connectivity index (χ3n) is 2.86. The maximum atomic E-state index is 8.28. The molecule has 0 unspecified atom stereocenters. The molecule has 2 aromatic heterocycles. The van der Waals surface area contributed by atoms with Crippen LogP contribution in [-0.2, 0) is 0 Å². The molecule has 4 aromatic rings. The zero-order valence-corrected chi connectivity index (χ0v) is 10.6. The molecule has 0 saturated heterocycles. The van der Waals surface area contributed by atoms with Gasteiger partial charge in [-0.15, -0.1) is 11.3 Å². The molecule has 2 aromatic carbocycles. The Labute approximate surface area is 123 Å². The van der Waals surface area contributed by atoms with Gasteiger partial charge in [0.2, 0.25) is 0 Å². The molecule has 0 fully saturated rings. The Hall–Kier alpha value is -2.19. The number of rotatable bonds is 1. The van der Waals surface area contributed by atoms with E-state index in [1.165, 1.54) is 11.3 Å². The van der Waals surface area contributed by atoms with Gasteiger partial charge in [-0.3, -0.25) is 0 Å². The van der Waals surface area contributed by atoms with Gasteiger partial charge in [0.1, 0.15) is 0 Å². The normalized spacial score (nSPS) is 15.6. The number of nitrogens with zero attached hydrogens (tertiary/aromatic N) is 1. The van der Waals surface area contributed by atoms with Gasteiger partial charge in [-0.05, 0) is 29.6 Å². The van der Waals surface area contributed by atoms with E-state index < -0.39 is 6.04 Å². The molecule has 2 heteroatoms. The summed E-state index contributed by atoms with van der Waals surface area (Å²) in [6, 6.07) is 7.86. The van der Waals surface area contributed by atoms with Crippen LogP contribution in [0.4, 0.5) is 0 Å². The fourth-order valence-corrected chi connectivity index (χ4v) is 2.96. The molecule has 19 heavy (non-hydrogen) atoms. The van der Waals surface area contributed by atoms with Crippen LogP contribution in [0.25, 0.3) is 31.6 Å². The SMILES string of the molecule is [2H]c1c([2H])c([2H])c2c([2H])c([2H])c(-c3cc4ccccc4s3)nc2c1[2H]. The van der Waals surface area contributed by atoms with E-state index in [1.54, 1.807) is 0 Å². The zero-order chi connectivity index (χ0) is 17.9. The lowest BCUT2D eigenvalue weighted by Crippen LogP contribution is -1.81. The molecule has 0 bridgehead atoms. The standard InChI is InChI=1S/C17H11NS/c1-3-7-14-12(5-1)9-10-15(18-14)17-11-13-6-2-4-8-16(13)19-17/h1-11H/i1D,3D,5D,7D,9D,10D. The molecule has 0 amide bonds. The average molecular weight is 267 g/mol. The highest BCUT2D eigenvalue weighted by Crippen LogP contribution is 2.32. The second kappa shape index (κ2) is 4.18. The van der Waals surface area contributed by atoms with Crippen LogP contribution in [-0.4, -0.2) is 4.98 Å². The summed E-state index contributed by atoms with van der Waals surface area (Å²) in [6.45, 7) is 0. The van der Waals surface area contributed by atoms with Gasteiger partial charge in [0.25, 0.3) is 0 Å². The number of pyridine rings is 1. The van der Waals surface area contributed by atoms with Crippen LogP contribution in [0.1, 0.15) is 8.22 Å². The summed E-state index contributed by atoms with van der Waals surface area (Å²) in [5.74, 6) is 0. The van der Waals surface area contributed by atoms with Gasteiger partial charge in [-0.1, -0.05) is 42.4 Å². The summed E-state index contributed by atoms with van der Waals surface area (Å²) in [7, 11) is 0. The van der Waals surface area contributed by atoms with Crippen LogP contribution in [0.15, 0.2) is 66.6 Å². The van der Waals surface area contributed by atoms with Crippen molar-refractivity contribution in [2.45, 2.75) is 0 Å². The van der Waals surface area contributed by atoms with Gasteiger partial charge in [-0.2, -0.15) is 0 Å². The molecule has 2 heterocycles. The molecular weight excluding hydrogens is 250 g/mol. The molecule has 0 N–H and O–H groups in total. The molecule has 0 radical (unpaired) electrons. The molecule has 1 nitrogen and oxygen atoms in total. The molecule has 0 aliphatic rings. The van der Waals surface area contributed by atoms with Crippen molar-refractivity contribution in [1.29, 1.82) is 0 Å². The fourth-order valence-electron chi connectivity index (χ4n) is 1.96. The Balaban J connectivity index is 2.10. The topological polar surface area (TPSA) is 12.9 Å². The molecule has 90 valence electrons. The van der Waals surface area contributed by atoms with Gasteiger partial charge in [0, 0.05) is 10.1 Å². The molecular formula is C17H11NS. The number of hydrogen-bond donors (Lipinski definition) is 0. The Bertz CT molecular complexity index is 1130. The highest BCUT2D eigenvalue weighted by Gasteiger charge is 2.05. The van der Waals surface area contributed by atoms with Crippen molar-refractivity contribution >= 4 is 32.3 Å². The Kier molecular flexibility index (Phi) is 1.39. The highest BCUT2D eigenvalue weighted by molar-refractivity contribution is 7.22. The van der Waals surface area contributed by atoms with E-state index in [2.05, 4.69) is 4.98 Å². The summed E-state index contributed by atoms with van der Waals surface area (Å²) in [4.78, 5) is 5.06. The van der Waals surface area contributed by atoms with E-state index >= 15 is 0 Å². The highest BCUT2D eigenvalue weighted by atomic mass is 32.1. The zero-order valence-electron chi connectivity index (χ0n) is 15.7. The Morgan fingerprint density at radius 3 is 2.79 bits per heavy atom. The van der Waals surface area contributed by atoms with Gasteiger partial charge < -0.3 is 0 Å². The van der Waals surface area contributed by atoms with E-state index in [-0.39, 0.29) is 46.8 Å². The van der Waals surface area contributed by atoms with E-state index in [9.17, 15) is 0 Å². The van der Waals surface area contributed by atoms with Crippen LogP contribution in [0, 0.1) is 0 Å². The second-order valence-electron chi connectivity index (χ2n) is 4.08. The van der Waals surface area contributed by atoms with Gasteiger partial charge in [0.15, 0.2) is 0 Å². The third kappa shape index (κ3) is 1.81. The maximum Gasteiger partial charge on any atom is 0.0809 e. The van der Waals surface area contributed by atoms with Crippen molar-refractivity contribution in [3.8, 4) is 10.6 Å². The van der Waals surface area contributed by atoms with Crippen LogP contribution >= 0.6 is 11.3 Å². The second-order valence-corrected chi connectivity index (χ2v) is 5.17. The van der Waals surface area contributed by atoms with Crippen LogP contribution < -0.4 is 0 Å². The van der Waals surface area contributed by atoms with Gasteiger partial charge in [0.05, 0.1) is 24.3 Å². The fraction of sp³-hybridized carbons (Fsp3) is 0. The van der Waals surface area contributed by atoms with Crippen LogP contribution in [0.3, 0.4) is 0 Å². The van der Waals surface area contributed by atoms with E-state index in [0.29, 0.717) is 4.88 Å². The van der Waals surface area contributed by atoms with Crippen LogP contribution in [0.5, 0.6) is 0 Å². The number of aromatic nitrogens is 1. The first kappa shape index (κ1) is 6.31. The summed E-state index contributed by atoms with van der Waals surface area (Å²) in [5, 5.41) is 0.992. The quantitative estimate of drug-likeness (QED) is 0.466. The first-order valence-corrected chi connectivity index (χ1v) is 6.58. The smallest absolute Gasteiger partial charge is 0.0809 e. The van der Waals surface area contributed by atoms with Crippen molar-refractivity contribution in [3.63, 3.8) is 0 Å². The first-order valence-electron chi connectivity index (χ1n) is 8.76. The predicted molar refractivity (Wildman–Crippen MR) is 82.6 cm³/mol. The molecule has 0 saturated carbocycles. The van der Waals surface area contributed by atoms with E-state index in [1.807, 2.05) is 30.3 Å². The van der Waals surface area contributed by atoms with Gasteiger partial charge >= 0.3 is 0 Å². The first-order chi connectivity index (χ1) is 11.9. The summed E-state index contributed by atoms with van der Waals surface area (Å²) >= 11 is 1.44. The van der Waals surface area contributed by atoms with Crippen molar-refractivity contribution in [2.75, 3.05) is 0 Å². The lowest BCUT2D eigenvalue weighted by molar-refractivity contribution is 1.42. The summed E-state index contributed by atoms with van der Waals surface area (Å²) in [6.07, 6.45) is 0. The molecule has 0 aliphatic carbocycles. The Morgan fingerprint density at radius 2 is 1.84 bits per heavy atom. The average Bonchev–Trinajstić information content (AvgIpc) is 3.04. The molecule has 0 atom stereocenters. The van der Waals surface area contributed by atoms with Crippen molar-refractivity contribution in [2.24, 2.45) is 0 Å². The maximum absolute atomic E-state index is 8.28. The largest absolute Gasteiger partial charge is 0.247 e. The number of para-hydroxylation sites is 1. The molecule has 0 spiro atoms. The number of fused-ring (bicyclic) bond motifs is 2. The number of hydrogen-bond acceptors (Lipinski definition) is 2. The van der Waals surface area contributed by atoms with E-state index in [4.69, 9.17) is 8.22 Å². The lowest BCUT2D eigenvalue weighted by Gasteiger charge is -1.99. The third-order valence-corrected chi connectivity index (χ3v) is 3.98. The van der Waals surface area contributed by atoms with Crippen molar-refractivity contribution in [3.05, 3.63) is 66.6 Å². The minimum absolute atomic E-state index is 0.0131. The Morgan fingerprint density at radius 1 is 0.947 bits per heavy atom. The number of thiophene rings is 1. The summed E-state index contributed by atoms with van der Waals surface area (Å²) in [5.41, 5.74) is 0.295. The summed E-state index contributed by atoms with van der Waals surface area (Å²) < 4.78 is 49.2. The molecule has 4 rings (SSSR count). The minimum Gasteiger partial charge on any atom is -0.247 e. The number of benzene rings is 2. The minimum atomic E-state index is -0.415. The van der Waals surface area contributed by atoms with Crippen molar-refractivity contribution in [1.82, 2.24) is 4.98 Å².